The molecule has 0 aromatic rings. The molecule has 0 spiro atoms. The van der Waals surface area contributed by atoms with Crippen LogP contribution in [-0.2, 0) is 4.79 Å². The summed E-state index contributed by atoms with van der Waals surface area (Å²) >= 11 is 0. The van der Waals surface area contributed by atoms with Crippen LogP contribution in [-0.4, -0.2) is 34.9 Å². The molecule has 0 aliphatic heterocycles. The van der Waals surface area contributed by atoms with E-state index in [9.17, 15) is 15.0 Å². The van der Waals surface area contributed by atoms with Gasteiger partial charge in [0, 0.05) is 6.42 Å². The van der Waals surface area contributed by atoms with Crippen LogP contribution in [0.3, 0.4) is 0 Å². The minimum atomic E-state index is -0.866. The van der Waals surface area contributed by atoms with Crippen molar-refractivity contribution in [2.24, 2.45) is 0 Å². The van der Waals surface area contributed by atoms with Crippen LogP contribution in [0, 0.1) is 0 Å². The predicted molar refractivity (Wildman–Crippen MR) is 290 cm³/mol. The summed E-state index contributed by atoms with van der Waals surface area (Å²) in [5, 5.41) is 23.2. The summed E-state index contributed by atoms with van der Waals surface area (Å²) < 4.78 is 0. The lowest BCUT2D eigenvalue weighted by Gasteiger charge is -2.19. The van der Waals surface area contributed by atoms with E-state index >= 15 is 0 Å². The first kappa shape index (κ1) is 62.8. The number of aliphatic hydroxyl groups excluding tert-OH is 2. The smallest absolute Gasteiger partial charge is 0.220 e. The van der Waals surface area contributed by atoms with Gasteiger partial charge in [-0.1, -0.05) is 286 Å². The molecule has 2 unspecified atom stereocenters. The van der Waals surface area contributed by atoms with Crippen LogP contribution in [0.5, 0.6) is 0 Å². The van der Waals surface area contributed by atoms with Crippen LogP contribution < -0.4 is 5.32 Å². The Hall–Kier alpha value is -2.17. The van der Waals surface area contributed by atoms with E-state index in [4.69, 9.17) is 0 Å². The molecule has 0 rings (SSSR count). The van der Waals surface area contributed by atoms with E-state index < -0.39 is 12.1 Å². The number of amides is 1. The van der Waals surface area contributed by atoms with Crippen molar-refractivity contribution in [2.45, 2.75) is 302 Å². The fourth-order valence-corrected chi connectivity index (χ4v) is 8.60. The van der Waals surface area contributed by atoms with Crippen molar-refractivity contribution in [3.63, 3.8) is 0 Å². The lowest BCUT2D eigenvalue weighted by atomic mass is 10.0. The predicted octanol–water partition coefficient (Wildman–Crippen LogP) is 19.0. The van der Waals surface area contributed by atoms with Crippen LogP contribution >= 0.6 is 0 Å². The zero-order valence-corrected chi connectivity index (χ0v) is 43.5. The van der Waals surface area contributed by atoms with Gasteiger partial charge < -0.3 is 15.5 Å². The van der Waals surface area contributed by atoms with E-state index in [1.165, 1.54) is 212 Å². The van der Waals surface area contributed by atoms with Gasteiger partial charge in [0.1, 0.15) is 0 Å². The van der Waals surface area contributed by atoms with E-state index in [-0.39, 0.29) is 12.5 Å². The molecule has 0 radical (unpaired) electrons. The monoisotopic (exact) mass is 906 g/mol. The zero-order valence-electron chi connectivity index (χ0n) is 43.5. The highest BCUT2D eigenvalue weighted by Gasteiger charge is 2.18. The van der Waals surface area contributed by atoms with Gasteiger partial charge in [0.05, 0.1) is 18.8 Å². The topological polar surface area (TPSA) is 69.6 Å². The number of carbonyl (C=O) groups is 1. The van der Waals surface area contributed by atoms with Crippen LogP contribution in [0.25, 0.3) is 0 Å². The van der Waals surface area contributed by atoms with Crippen molar-refractivity contribution in [2.75, 3.05) is 6.61 Å². The molecule has 0 aromatic carbocycles. The van der Waals surface area contributed by atoms with Gasteiger partial charge >= 0.3 is 0 Å². The summed E-state index contributed by atoms with van der Waals surface area (Å²) in [6.45, 7) is 4.21. The maximum atomic E-state index is 12.5. The molecule has 3 N–H and O–H groups in total. The summed E-state index contributed by atoms with van der Waals surface area (Å²) in [6, 6.07) is -0.643. The molecular weight excluding hydrogens is 795 g/mol. The van der Waals surface area contributed by atoms with Crippen LogP contribution in [0.4, 0.5) is 0 Å². The molecule has 378 valence electrons. The van der Waals surface area contributed by atoms with Gasteiger partial charge in [-0.15, -0.1) is 0 Å². The van der Waals surface area contributed by atoms with Gasteiger partial charge in [0.15, 0.2) is 0 Å². The summed E-state index contributed by atoms with van der Waals surface area (Å²) in [5.41, 5.74) is 0. The number of carbonyl (C=O) groups excluding carboxylic acids is 1. The number of aliphatic hydroxyl groups is 2. The largest absolute Gasteiger partial charge is 0.394 e. The van der Waals surface area contributed by atoms with Crippen molar-refractivity contribution < 1.29 is 15.0 Å². The molecule has 4 nitrogen and oxygen atoms in total. The molecule has 0 saturated carbocycles. The highest BCUT2D eigenvalue weighted by atomic mass is 16.3. The van der Waals surface area contributed by atoms with E-state index in [1.54, 1.807) is 6.08 Å². The van der Waals surface area contributed by atoms with E-state index in [2.05, 4.69) is 79.9 Å². The standard InChI is InChI=1S/C61H111NO3/c1-3-5-7-9-11-13-15-17-19-21-23-25-27-29-31-33-35-37-39-41-43-45-47-49-51-53-55-57-61(65)62-59(58-63)60(64)56-54-52-50-48-46-44-42-40-38-36-34-32-30-28-26-24-22-20-18-16-14-12-10-8-6-4-2/h5,7,11,13,17,19,23,25,46,48,54,56,59-60,63-64H,3-4,6,8-10,12,14-16,18,20-22,24,26-45,47,49-53,55,57-58H2,1-2H3,(H,62,65)/b7-5-,13-11-,19-17-,25-23-,48-46+,56-54+. The average molecular weight is 907 g/mol. The second kappa shape index (κ2) is 56.2. The van der Waals surface area contributed by atoms with Crippen molar-refractivity contribution in [3.8, 4) is 0 Å². The van der Waals surface area contributed by atoms with Gasteiger partial charge in [-0.25, -0.2) is 0 Å². The van der Waals surface area contributed by atoms with Gasteiger partial charge in [0.2, 0.25) is 5.91 Å². The lowest BCUT2D eigenvalue weighted by Crippen LogP contribution is -2.45. The van der Waals surface area contributed by atoms with Crippen molar-refractivity contribution >= 4 is 5.91 Å². The molecule has 0 aromatic heterocycles. The van der Waals surface area contributed by atoms with Crippen LogP contribution in [0.15, 0.2) is 72.9 Å². The molecule has 65 heavy (non-hydrogen) atoms. The lowest BCUT2D eigenvalue weighted by molar-refractivity contribution is -0.123. The van der Waals surface area contributed by atoms with Gasteiger partial charge in [-0.3, -0.25) is 4.79 Å². The van der Waals surface area contributed by atoms with Gasteiger partial charge in [-0.05, 0) is 70.6 Å². The minimum Gasteiger partial charge on any atom is -0.394 e. The number of hydrogen-bond acceptors (Lipinski definition) is 3. The first-order valence-electron chi connectivity index (χ1n) is 28.7. The number of rotatable bonds is 52. The van der Waals surface area contributed by atoms with Crippen molar-refractivity contribution in [1.29, 1.82) is 0 Å². The van der Waals surface area contributed by atoms with Crippen molar-refractivity contribution in [3.05, 3.63) is 72.9 Å². The fraction of sp³-hybridized carbons (Fsp3) is 0.787. The SMILES string of the molecule is CC/C=C\C/C=C\C/C=C\C/C=C\CCCCCCCCCCCCCCCCC(=O)NC(CO)C(O)/C=C/CC/C=C/CCCCCCCCCCCCCCCCCCCCCC. The Morgan fingerprint density at radius 3 is 1.08 bits per heavy atom. The third-order valence-electron chi connectivity index (χ3n) is 12.9. The molecule has 2 atom stereocenters. The third-order valence-corrected chi connectivity index (χ3v) is 12.9. The molecule has 0 bridgehead atoms. The van der Waals surface area contributed by atoms with E-state index in [1.807, 2.05) is 6.08 Å². The first-order chi connectivity index (χ1) is 32.2. The molecule has 0 aliphatic rings. The molecule has 0 heterocycles. The average Bonchev–Trinajstić information content (AvgIpc) is 3.31. The highest BCUT2D eigenvalue weighted by molar-refractivity contribution is 5.76. The number of nitrogens with one attached hydrogen (secondary N) is 1. The second-order valence-corrected chi connectivity index (χ2v) is 19.3. The Balaban J connectivity index is 3.53. The molecule has 0 saturated heterocycles. The Bertz CT molecular complexity index is 1120. The molecule has 0 fully saturated rings. The summed E-state index contributed by atoms with van der Waals surface area (Å²) in [4.78, 5) is 12.5. The van der Waals surface area contributed by atoms with Crippen LogP contribution in [0.1, 0.15) is 290 Å². The van der Waals surface area contributed by atoms with Crippen LogP contribution in [0.2, 0.25) is 0 Å². The fourth-order valence-electron chi connectivity index (χ4n) is 8.60. The quantitative estimate of drug-likeness (QED) is 0.0421. The number of allylic oxidation sites excluding steroid dienone is 11. The highest BCUT2D eigenvalue weighted by Crippen LogP contribution is 2.17. The Kier molecular flexibility index (Phi) is 54.3. The van der Waals surface area contributed by atoms with Gasteiger partial charge in [0.25, 0.3) is 0 Å². The number of hydrogen-bond donors (Lipinski definition) is 3. The summed E-state index contributed by atoms with van der Waals surface area (Å²) in [6.07, 6.45) is 80.7. The van der Waals surface area contributed by atoms with Crippen molar-refractivity contribution in [1.82, 2.24) is 5.32 Å². The van der Waals surface area contributed by atoms with E-state index in [0.29, 0.717) is 6.42 Å². The third kappa shape index (κ3) is 52.7. The Morgan fingerprint density at radius 1 is 0.385 bits per heavy atom. The Morgan fingerprint density at radius 2 is 0.692 bits per heavy atom. The molecule has 4 heteroatoms. The Labute approximate surface area is 406 Å². The van der Waals surface area contributed by atoms with Gasteiger partial charge in [-0.2, -0.15) is 0 Å². The zero-order chi connectivity index (χ0) is 47.0. The molecular formula is C61H111NO3. The molecule has 1 amide bonds. The van der Waals surface area contributed by atoms with E-state index in [0.717, 1.165) is 57.8 Å². The minimum absolute atomic E-state index is 0.0738. The summed E-state index contributed by atoms with van der Waals surface area (Å²) in [7, 11) is 0. The maximum Gasteiger partial charge on any atom is 0.220 e. The summed E-state index contributed by atoms with van der Waals surface area (Å²) in [5.74, 6) is -0.0738. The molecule has 0 aliphatic carbocycles. The first-order valence-corrected chi connectivity index (χ1v) is 28.7. The normalized spacial score (nSPS) is 13.4. The second-order valence-electron chi connectivity index (χ2n) is 19.3. The number of unbranched alkanes of at least 4 members (excludes halogenated alkanes) is 35. The maximum absolute atomic E-state index is 12.5.